The average Bonchev–Trinajstić information content (AvgIpc) is 3.22. The first-order valence-corrected chi connectivity index (χ1v) is 8.44. The maximum Gasteiger partial charge on any atom is 0.330 e. The third-order valence-electron chi connectivity index (χ3n) is 4.96. The van der Waals surface area contributed by atoms with Crippen molar-refractivity contribution in [1.29, 1.82) is 0 Å². The van der Waals surface area contributed by atoms with E-state index >= 15 is 0 Å². The summed E-state index contributed by atoms with van der Waals surface area (Å²) in [6.07, 6.45) is 4.42. The molecular weight excluding hydrogens is 308 g/mol. The summed E-state index contributed by atoms with van der Waals surface area (Å²) < 4.78 is 0. The molecule has 2 amide bonds. The number of nitrogens with zero attached hydrogens (tertiary/aromatic N) is 1. The molecule has 0 spiro atoms. The summed E-state index contributed by atoms with van der Waals surface area (Å²) in [5.74, 6) is -1.93. The first-order valence-electron chi connectivity index (χ1n) is 8.44. The van der Waals surface area contributed by atoms with Crippen molar-refractivity contribution >= 4 is 17.8 Å². The summed E-state index contributed by atoms with van der Waals surface area (Å²) >= 11 is 0. The number of carboxylic acids is 1. The summed E-state index contributed by atoms with van der Waals surface area (Å²) in [6, 6.07) is 7.76. The second-order valence-electron chi connectivity index (χ2n) is 6.58. The number of carbonyl (C=O) groups is 3. The molecule has 0 unspecified atom stereocenters. The van der Waals surface area contributed by atoms with E-state index in [1.54, 1.807) is 30.3 Å². The summed E-state index contributed by atoms with van der Waals surface area (Å²) in [5.41, 5.74) is 0.523. The molecule has 2 N–H and O–H groups in total. The molecule has 2 aliphatic rings. The molecule has 0 aromatic heterocycles. The Morgan fingerprint density at radius 2 is 1.83 bits per heavy atom. The number of carbonyl (C=O) groups excluding carboxylic acids is 2. The van der Waals surface area contributed by atoms with Gasteiger partial charge in [0.15, 0.2) is 6.04 Å². The van der Waals surface area contributed by atoms with E-state index < -0.39 is 17.9 Å². The van der Waals surface area contributed by atoms with Crippen LogP contribution in [0.5, 0.6) is 0 Å². The van der Waals surface area contributed by atoms with Gasteiger partial charge in [-0.3, -0.25) is 9.59 Å². The molecule has 128 valence electrons. The highest BCUT2D eigenvalue weighted by Gasteiger charge is 2.39. The lowest BCUT2D eigenvalue weighted by molar-refractivity contribution is -0.142. The zero-order valence-electron chi connectivity index (χ0n) is 13.5. The standard InChI is InChI=1S/C18H22N2O4/c21-15-10-13(11-20(15)14-8-4-5-9-14)17(22)19-16(18(23)24)12-6-2-1-3-7-12/h1-3,6-7,13-14,16H,4-5,8-11H2,(H,19,22)(H,23,24)/t13-,16+/m1/s1. The van der Waals surface area contributed by atoms with Gasteiger partial charge in [-0.25, -0.2) is 4.79 Å². The van der Waals surface area contributed by atoms with Crippen LogP contribution in [0.2, 0.25) is 0 Å². The Labute approximate surface area is 140 Å². The highest BCUT2D eigenvalue weighted by molar-refractivity contribution is 5.91. The molecule has 3 rings (SSSR count). The van der Waals surface area contributed by atoms with E-state index in [2.05, 4.69) is 5.32 Å². The van der Waals surface area contributed by atoms with Gasteiger partial charge in [-0.2, -0.15) is 0 Å². The van der Waals surface area contributed by atoms with Crippen LogP contribution in [0.4, 0.5) is 0 Å². The molecule has 0 bridgehead atoms. The lowest BCUT2D eigenvalue weighted by Crippen LogP contribution is -2.40. The van der Waals surface area contributed by atoms with Crippen LogP contribution in [0.25, 0.3) is 0 Å². The normalized spacial score (nSPS) is 22.6. The minimum absolute atomic E-state index is 0.00800. The summed E-state index contributed by atoms with van der Waals surface area (Å²) in [5, 5.41) is 12.0. The molecule has 24 heavy (non-hydrogen) atoms. The fourth-order valence-electron chi connectivity index (χ4n) is 3.67. The summed E-state index contributed by atoms with van der Waals surface area (Å²) in [4.78, 5) is 38.0. The largest absolute Gasteiger partial charge is 0.479 e. The van der Waals surface area contributed by atoms with Gasteiger partial charge in [-0.15, -0.1) is 0 Å². The van der Waals surface area contributed by atoms with Gasteiger partial charge in [-0.05, 0) is 18.4 Å². The Morgan fingerprint density at radius 1 is 1.17 bits per heavy atom. The molecule has 1 aliphatic carbocycles. The van der Waals surface area contributed by atoms with Gasteiger partial charge >= 0.3 is 5.97 Å². The molecule has 2 atom stereocenters. The van der Waals surface area contributed by atoms with Crippen LogP contribution in [0.1, 0.15) is 43.7 Å². The molecule has 1 saturated heterocycles. The minimum Gasteiger partial charge on any atom is -0.479 e. The molecule has 1 aliphatic heterocycles. The first kappa shape index (κ1) is 16.5. The van der Waals surface area contributed by atoms with E-state index in [0.29, 0.717) is 12.1 Å². The number of rotatable bonds is 5. The fraction of sp³-hybridized carbons (Fsp3) is 0.500. The highest BCUT2D eigenvalue weighted by atomic mass is 16.4. The molecule has 0 radical (unpaired) electrons. The number of amides is 2. The molecule has 1 saturated carbocycles. The number of hydrogen-bond donors (Lipinski definition) is 2. The van der Waals surface area contributed by atoms with Crippen molar-refractivity contribution in [2.75, 3.05) is 6.54 Å². The molecule has 6 nitrogen and oxygen atoms in total. The summed E-state index contributed by atoms with van der Waals surface area (Å²) in [7, 11) is 0. The Morgan fingerprint density at radius 3 is 2.46 bits per heavy atom. The third-order valence-corrected chi connectivity index (χ3v) is 4.96. The van der Waals surface area contributed by atoms with Gasteiger partial charge in [0, 0.05) is 19.0 Å². The van der Waals surface area contributed by atoms with E-state index in [0.717, 1.165) is 25.7 Å². The quantitative estimate of drug-likeness (QED) is 0.860. The second-order valence-corrected chi connectivity index (χ2v) is 6.58. The number of aliphatic carboxylic acids is 1. The number of nitrogens with one attached hydrogen (secondary N) is 1. The Bertz CT molecular complexity index is 625. The predicted molar refractivity (Wildman–Crippen MR) is 87.0 cm³/mol. The van der Waals surface area contributed by atoms with E-state index in [1.807, 2.05) is 4.90 Å². The number of carboxylic acid groups (broad SMARTS) is 1. The maximum atomic E-state index is 12.5. The van der Waals surface area contributed by atoms with Crippen LogP contribution in [0, 0.1) is 5.92 Å². The van der Waals surface area contributed by atoms with Crippen molar-refractivity contribution in [3.8, 4) is 0 Å². The van der Waals surface area contributed by atoms with Crippen molar-refractivity contribution < 1.29 is 19.5 Å². The van der Waals surface area contributed by atoms with Crippen LogP contribution >= 0.6 is 0 Å². The smallest absolute Gasteiger partial charge is 0.330 e. The lowest BCUT2D eigenvalue weighted by Gasteiger charge is -2.24. The van der Waals surface area contributed by atoms with Gasteiger partial charge in [0.05, 0.1) is 5.92 Å². The molecule has 1 aromatic rings. The highest BCUT2D eigenvalue weighted by Crippen LogP contribution is 2.29. The van der Waals surface area contributed by atoms with E-state index in [4.69, 9.17) is 0 Å². The second kappa shape index (κ2) is 7.03. The van der Waals surface area contributed by atoms with E-state index in [1.165, 1.54) is 0 Å². The van der Waals surface area contributed by atoms with Crippen molar-refractivity contribution in [3.05, 3.63) is 35.9 Å². The molecular formula is C18H22N2O4. The number of likely N-dealkylation sites (tertiary alicyclic amines) is 1. The zero-order chi connectivity index (χ0) is 17.1. The van der Waals surface area contributed by atoms with E-state index in [-0.39, 0.29) is 24.3 Å². The number of hydrogen-bond acceptors (Lipinski definition) is 3. The van der Waals surface area contributed by atoms with Gasteiger partial charge < -0.3 is 15.3 Å². The molecule has 6 heteroatoms. The van der Waals surface area contributed by atoms with Crippen molar-refractivity contribution in [3.63, 3.8) is 0 Å². The monoisotopic (exact) mass is 330 g/mol. The minimum atomic E-state index is -1.11. The maximum absolute atomic E-state index is 12.5. The van der Waals surface area contributed by atoms with Crippen molar-refractivity contribution in [1.82, 2.24) is 10.2 Å². The third kappa shape index (κ3) is 3.42. The van der Waals surface area contributed by atoms with Crippen molar-refractivity contribution in [2.24, 2.45) is 5.92 Å². The van der Waals surface area contributed by atoms with E-state index in [9.17, 15) is 19.5 Å². The Balaban J connectivity index is 1.65. The van der Waals surface area contributed by atoms with Crippen LogP contribution in [0.15, 0.2) is 30.3 Å². The van der Waals surface area contributed by atoms with Crippen LogP contribution in [-0.4, -0.2) is 40.4 Å². The van der Waals surface area contributed by atoms with Crippen LogP contribution < -0.4 is 5.32 Å². The Hall–Kier alpha value is -2.37. The molecule has 2 fully saturated rings. The molecule has 1 heterocycles. The van der Waals surface area contributed by atoms with Gasteiger partial charge in [0.25, 0.3) is 0 Å². The van der Waals surface area contributed by atoms with Crippen LogP contribution in [-0.2, 0) is 14.4 Å². The Kier molecular flexibility index (Phi) is 4.83. The van der Waals surface area contributed by atoms with Gasteiger partial charge in [-0.1, -0.05) is 43.2 Å². The predicted octanol–water partition coefficient (Wildman–Crippen LogP) is 1.72. The topological polar surface area (TPSA) is 86.7 Å². The van der Waals surface area contributed by atoms with Gasteiger partial charge in [0.1, 0.15) is 0 Å². The lowest BCUT2D eigenvalue weighted by atomic mass is 10.0. The van der Waals surface area contributed by atoms with Gasteiger partial charge in [0.2, 0.25) is 11.8 Å². The SMILES string of the molecule is O=C(N[C@H](C(=O)O)c1ccccc1)[C@@H]1CC(=O)N(C2CCCC2)C1. The first-order chi connectivity index (χ1) is 11.6. The average molecular weight is 330 g/mol. The van der Waals surface area contributed by atoms with Crippen LogP contribution in [0.3, 0.4) is 0 Å². The fourth-order valence-corrected chi connectivity index (χ4v) is 3.67. The summed E-state index contributed by atoms with van der Waals surface area (Å²) in [6.45, 7) is 0.399. The van der Waals surface area contributed by atoms with Crippen molar-refractivity contribution in [2.45, 2.75) is 44.2 Å². The number of benzene rings is 1. The molecule has 1 aromatic carbocycles. The zero-order valence-corrected chi connectivity index (χ0v) is 13.5.